The maximum Gasteiger partial charge on any atom is 0.312 e. The number of carbonyl (C=O) groups excluding carboxylic acids is 1. The molecular weight excluding hydrogens is 224 g/mol. The van der Waals surface area contributed by atoms with Crippen LogP contribution in [0.25, 0.3) is 0 Å². The Morgan fingerprint density at radius 1 is 1.44 bits per heavy atom. The van der Waals surface area contributed by atoms with Crippen LogP contribution in [0.2, 0.25) is 0 Å². The highest BCUT2D eigenvalue weighted by molar-refractivity contribution is 5.78. The van der Waals surface area contributed by atoms with Crippen molar-refractivity contribution in [2.75, 3.05) is 6.61 Å². The lowest BCUT2D eigenvalue weighted by Crippen LogP contribution is -2.34. The Hall–Kier alpha value is -0.790. The number of hydrogen-bond donors (Lipinski definition) is 0. The summed E-state index contributed by atoms with van der Waals surface area (Å²) in [6.07, 6.45) is 10.1. The van der Waals surface area contributed by atoms with Crippen LogP contribution in [-0.4, -0.2) is 12.6 Å². The maximum absolute atomic E-state index is 12.3. The van der Waals surface area contributed by atoms with Gasteiger partial charge in [-0.1, -0.05) is 38.8 Å². The van der Waals surface area contributed by atoms with Crippen LogP contribution in [-0.2, 0) is 9.53 Å². The molecule has 0 saturated heterocycles. The Bertz CT molecular complexity index is 334. The quantitative estimate of drug-likeness (QED) is 0.527. The molecule has 2 aliphatic carbocycles. The van der Waals surface area contributed by atoms with Crippen molar-refractivity contribution in [3.05, 3.63) is 12.2 Å². The Morgan fingerprint density at radius 3 is 2.72 bits per heavy atom. The van der Waals surface area contributed by atoms with E-state index in [0.29, 0.717) is 24.4 Å². The van der Waals surface area contributed by atoms with Crippen molar-refractivity contribution in [1.82, 2.24) is 0 Å². The summed E-state index contributed by atoms with van der Waals surface area (Å²) in [5.74, 6) is 1.61. The minimum absolute atomic E-state index is 0.0360. The summed E-state index contributed by atoms with van der Waals surface area (Å²) in [7, 11) is 0. The summed E-state index contributed by atoms with van der Waals surface area (Å²) >= 11 is 0. The van der Waals surface area contributed by atoms with Crippen molar-refractivity contribution in [1.29, 1.82) is 0 Å². The molecule has 4 unspecified atom stereocenters. The molecule has 0 aromatic rings. The van der Waals surface area contributed by atoms with E-state index in [-0.39, 0.29) is 11.4 Å². The van der Waals surface area contributed by atoms with Gasteiger partial charge in [0.25, 0.3) is 0 Å². The first kappa shape index (κ1) is 13.6. The van der Waals surface area contributed by atoms with Gasteiger partial charge >= 0.3 is 5.97 Å². The van der Waals surface area contributed by atoms with Crippen LogP contribution in [0.3, 0.4) is 0 Å². The maximum atomic E-state index is 12.3. The van der Waals surface area contributed by atoms with E-state index in [1.54, 1.807) is 0 Å². The summed E-state index contributed by atoms with van der Waals surface area (Å²) in [4.78, 5) is 12.3. The third-order valence-corrected chi connectivity index (χ3v) is 4.87. The highest BCUT2D eigenvalue weighted by Gasteiger charge is 2.51. The molecule has 18 heavy (non-hydrogen) atoms. The van der Waals surface area contributed by atoms with Gasteiger partial charge in [-0.15, -0.1) is 0 Å². The van der Waals surface area contributed by atoms with Crippen LogP contribution in [0, 0.1) is 23.2 Å². The summed E-state index contributed by atoms with van der Waals surface area (Å²) in [5.41, 5.74) is -0.246. The average molecular weight is 250 g/mol. The zero-order valence-electron chi connectivity index (χ0n) is 11.9. The third-order valence-electron chi connectivity index (χ3n) is 4.87. The van der Waals surface area contributed by atoms with Gasteiger partial charge in [-0.05, 0) is 43.9 Å². The minimum Gasteiger partial charge on any atom is -0.465 e. The predicted molar refractivity (Wildman–Crippen MR) is 73.1 cm³/mol. The molecule has 0 heterocycles. The average Bonchev–Trinajstić information content (AvgIpc) is 2.94. The van der Waals surface area contributed by atoms with Crippen molar-refractivity contribution in [3.8, 4) is 0 Å². The smallest absolute Gasteiger partial charge is 0.312 e. The van der Waals surface area contributed by atoms with Crippen molar-refractivity contribution < 1.29 is 9.53 Å². The molecule has 1 fully saturated rings. The van der Waals surface area contributed by atoms with E-state index in [2.05, 4.69) is 32.9 Å². The second-order valence-corrected chi connectivity index (χ2v) is 6.27. The molecule has 4 atom stereocenters. The van der Waals surface area contributed by atoms with E-state index in [9.17, 15) is 4.79 Å². The van der Waals surface area contributed by atoms with Crippen molar-refractivity contribution in [2.24, 2.45) is 23.2 Å². The monoisotopic (exact) mass is 250 g/mol. The predicted octanol–water partition coefficient (Wildman–Crippen LogP) is 3.96. The molecule has 2 aliphatic rings. The first-order valence-electron chi connectivity index (χ1n) is 7.45. The molecule has 0 aliphatic heterocycles. The lowest BCUT2D eigenvalue weighted by molar-refractivity contribution is -0.158. The molecule has 2 nitrogen and oxygen atoms in total. The molecule has 102 valence electrons. The number of allylic oxidation sites excluding steroid dienone is 2. The van der Waals surface area contributed by atoms with Gasteiger partial charge in [0.15, 0.2) is 0 Å². The Kier molecular flexibility index (Phi) is 4.14. The second-order valence-electron chi connectivity index (χ2n) is 6.27. The topological polar surface area (TPSA) is 26.3 Å². The summed E-state index contributed by atoms with van der Waals surface area (Å²) < 4.78 is 5.61. The fourth-order valence-electron chi connectivity index (χ4n) is 3.50. The molecule has 0 amide bonds. The van der Waals surface area contributed by atoms with Crippen LogP contribution in [0.15, 0.2) is 12.2 Å². The van der Waals surface area contributed by atoms with Gasteiger partial charge < -0.3 is 4.74 Å². The molecule has 2 heteroatoms. The summed E-state index contributed by atoms with van der Waals surface area (Å²) in [5, 5.41) is 0. The second kappa shape index (κ2) is 5.46. The van der Waals surface area contributed by atoms with Gasteiger partial charge in [0, 0.05) is 0 Å². The number of hydrogen-bond acceptors (Lipinski definition) is 2. The Balaban J connectivity index is 1.87. The summed E-state index contributed by atoms with van der Waals surface area (Å²) in [6.45, 7) is 7.06. The number of fused-ring (bicyclic) bond motifs is 2. The molecule has 2 bridgehead atoms. The standard InChI is InChI=1S/C16H26O2/c1-4-6-12(5-2)11-18-15(17)16(3)10-13-7-8-14(16)9-13/h7-8,12-14H,4-6,9-11H2,1-3H3. The normalized spacial score (nSPS) is 34.8. The highest BCUT2D eigenvalue weighted by atomic mass is 16.5. The number of rotatable bonds is 6. The van der Waals surface area contributed by atoms with E-state index < -0.39 is 0 Å². The zero-order valence-corrected chi connectivity index (χ0v) is 11.9. The third kappa shape index (κ3) is 2.48. The van der Waals surface area contributed by atoms with Crippen molar-refractivity contribution in [2.45, 2.75) is 52.9 Å². The number of ether oxygens (including phenoxy) is 1. The molecule has 0 N–H and O–H groups in total. The van der Waals surface area contributed by atoms with Crippen LogP contribution >= 0.6 is 0 Å². The fraction of sp³-hybridized carbons (Fsp3) is 0.812. The van der Waals surface area contributed by atoms with Gasteiger partial charge in [0.05, 0.1) is 12.0 Å². The van der Waals surface area contributed by atoms with E-state index in [0.717, 1.165) is 25.7 Å². The first-order valence-corrected chi connectivity index (χ1v) is 7.45. The van der Waals surface area contributed by atoms with Gasteiger partial charge in [-0.25, -0.2) is 0 Å². The molecule has 1 saturated carbocycles. The van der Waals surface area contributed by atoms with E-state index >= 15 is 0 Å². The molecule has 0 spiro atoms. The lowest BCUT2D eigenvalue weighted by atomic mass is 9.78. The van der Waals surface area contributed by atoms with Gasteiger partial charge in [-0.3, -0.25) is 4.79 Å². The Morgan fingerprint density at radius 2 is 2.22 bits per heavy atom. The molecule has 0 aromatic heterocycles. The van der Waals surface area contributed by atoms with Crippen LogP contribution in [0.4, 0.5) is 0 Å². The van der Waals surface area contributed by atoms with Crippen LogP contribution < -0.4 is 0 Å². The van der Waals surface area contributed by atoms with E-state index in [1.807, 2.05) is 0 Å². The zero-order chi connectivity index (χ0) is 13.2. The Labute approximate surface area is 111 Å². The summed E-state index contributed by atoms with van der Waals surface area (Å²) in [6, 6.07) is 0. The lowest BCUT2D eigenvalue weighted by Gasteiger charge is -2.29. The van der Waals surface area contributed by atoms with Crippen LogP contribution in [0.5, 0.6) is 0 Å². The minimum atomic E-state index is -0.246. The van der Waals surface area contributed by atoms with Crippen molar-refractivity contribution >= 4 is 5.97 Å². The SMILES string of the molecule is CCCC(CC)COC(=O)C1(C)CC2C=CC1C2. The molecule has 2 rings (SSSR count). The molecule has 0 aromatic carbocycles. The largest absolute Gasteiger partial charge is 0.465 e. The van der Waals surface area contributed by atoms with Crippen molar-refractivity contribution in [3.63, 3.8) is 0 Å². The van der Waals surface area contributed by atoms with Gasteiger partial charge in [-0.2, -0.15) is 0 Å². The molecular formula is C16H26O2. The van der Waals surface area contributed by atoms with Crippen LogP contribution in [0.1, 0.15) is 52.9 Å². The van der Waals surface area contributed by atoms with Gasteiger partial charge in [0.2, 0.25) is 0 Å². The molecule has 0 radical (unpaired) electrons. The van der Waals surface area contributed by atoms with E-state index in [4.69, 9.17) is 4.74 Å². The number of esters is 1. The first-order chi connectivity index (χ1) is 8.60. The number of carbonyl (C=O) groups is 1. The highest BCUT2D eigenvalue weighted by Crippen LogP contribution is 2.52. The van der Waals surface area contributed by atoms with E-state index in [1.165, 1.54) is 6.42 Å². The van der Waals surface area contributed by atoms with Gasteiger partial charge in [0.1, 0.15) is 0 Å². The fourth-order valence-corrected chi connectivity index (χ4v) is 3.50.